The maximum Gasteiger partial charge on any atom is 0.267 e. The van der Waals surface area contributed by atoms with Crippen molar-refractivity contribution in [2.45, 2.75) is 25.8 Å². The van der Waals surface area contributed by atoms with Gasteiger partial charge in [0.15, 0.2) is 0 Å². The van der Waals surface area contributed by atoms with Crippen LogP contribution in [0, 0.1) is 6.92 Å². The number of carbonyl (C=O) groups excluding carboxylic acids is 1. The Bertz CT molecular complexity index is 428. The van der Waals surface area contributed by atoms with Crippen LogP contribution < -0.4 is 10.1 Å². The first kappa shape index (κ1) is 16.3. The number of methoxy groups -OCH3 is 1. The Morgan fingerprint density at radius 3 is 2.63 bits per heavy atom. The molecule has 0 bridgehead atoms. The molecule has 2 heterocycles. The third-order valence-corrected chi connectivity index (χ3v) is 4.45. The number of thiophene rings is 1. The van der Waals surface area contributed by atoms with Crippen molar-refractivity contribution in [1.82, 2.24) is 10.2 Å². The van der Waals surface area contributed by atoms with E-state index < -0.39 is 0 Å². The van der Waals surface area contributed by atoms with Gasteiger partial charge in [-0.05, 0) is 32.9 Å². The van der Waals surface area contributed by atoms with Crippen LogP contribution in [0.1, 0.15) is 27.4 Å². The molecule has 4 nitrogen and oxygen atoms in total. The lowest BCUT2D eigenvalue weighted by Crippen LogP contribution is -2.43. The fraction of sp³-hybridized carbons (Fsp3) is 0.615. The van der Waals surface area contributed by atoms with Crippen LogP contribution in [0.3, 0.4) is 0 Å². The van der Waals surface area contributed by atoms with Crippen molar-refractivity contribution in [1.29, 1.82) is 0 Å². The normalized spacial score (nSPS) is 16.1. The lowest BCUT2D eigenvalue weighted by molar-refractivity contribution is 0.0709. The van der Waals surface area contributed by atoms with Crippen LogP contribution in [-0.2, 0) is 0 Å². The highest BCUT2D eigenvalue weighted by Crippen LogP contribution is 2.30. The molecule has 108 valence electrons. The van der Waals surface area contributed by atoms with E-state index in [2.05, 4.69) is 5.32 Å². The first-order valence-corrected chi connectivity index (χ1v) is 7.08. The molecule has 0 radical (unpaired) electrons. The molecule has 0 unspecified atom stereocenters. The zero-order valence-corrected chi connectivity index (χ0v) is 13.2. The van der Waals surface area contributed by atoms with Crippen molar-refractivity contribution in [3.05, 3.63) is 15.8 Å². The second-order valence-corrected chi connectivity index (χ2v) is 5.87. The van der Waals surface area contributed by atoms with Gasteiger partial charge in [0, 0.05) is 24.0 Å². The Balaban J connectivity index is 0.00000180. The minimum absolute atomic E-state index is 0. The molecule has 1 saturated heterocycles. The van der Waals surface area contributed by atoms with Gasteiger partial charge in [-0.2, -0.15) is 0 Å². The Morgan fingerprint density at radius 2 is 2.11 bits per heavy atom. The molecule has 1 aromatic heterocycles. The molecule has 0 aromatic carbocycles. The predicted molar refractivity (Wildman–Crippen MR) is 80.8 cm³/mol. The van der Waals surface area contributed by atoms with Crippen LogP contribution in [-0.4, -0.2) is 44.1 Å². The smallest absolute Gasteiger partial charge is 0.267 e. The summed E-state index contributed by atoms with van der Waals surface area (Å²) in [6, 6.07) is 2.47. The van der Waals surface area contributed by atoms with E-state index in [1.807, 2.05) is 24.9 Å². The van der Waals surface area contributed by atoms with E-state index >= 15 is 0 Å². The second kappa shape index (κ2) is 7.12. The van der Waals surface area contributed by atoms with Crippen molar-refractivity contribution < 1.29 is 9.53 Å². The van der Waals surface area contributed by atoms with E-state index in [4.69, 9.17) is 4.74 Å². The van der Waals surface area contributed by atoms with Gasteiger partial charge in [0.25, 0.3) is 5.91 Å². The highest BCUT2D eigenvalue weighted by molar-refractivity contribution is 7.14. The fourth-order valence-corrected chi connectivity index (χ4v) is 3.25. The molecule has 2 rings (SSSR count). The Labute approximate surface area is 124 Å². The topological polar surface area (TPSA) is 41.6 Å². The third-order valence-electron chi connectivity index (χ3n) is 3.43. The summed E-state index contributed by atoms with van der Waals surface area (Å²) in [5, 5.41) is 3.27. The van der Waals surface area contributed by atoms with Crippen LogP contribution in [0.15, 0.2) is 6.07 Å². The minimum Gasteiger partial charge on any atom is -0.495 e. The average Bonchev–Trinajstić information content (AvgIpc) is 2.79. The van der Waals surface area contributed by atoms with E-state index in [0.29, 0.717) is 11.8 Å². The van der Waals surface area contributed by atoms with Crippen LogP contribution in [0.2, 0.25) is 0 Å². The predicted octanol–water partition coefficient (Wildman–Crippen LogP) is 2.31. The number of amides is 1. The molecule has 1 amide bonds. The summed E-state index contributed by atoms with van der Waals surface area (Å²) >= 11 is 1.52. The summed E-state index contributed by atoms with van der Waals surface area (Å²) in [6.07, 6.45) is 2.05. The zero-order valence-electron chi connectivity index (χ0n) is 11.6. The van der Waals surface area contributed by atoms with E-state index in [1.54, 1.807) is 7.11 Å². The largest absolute Gasteiger partial charge is 0.495 e. The molecular weight excluding hydrogens is 284 g/mol. The Kier molecular flexibility index (Phi) is 6.10. The number of nitrogens with zero attached hydrogens (tertiary/aromatic N) is 1. The van der Waals surface area contributed by atoms with Crippen molar-refractivity contribution in [3.8, 4) is 5.75 Å². The van der Waals surface area contributed by atoms with Crippen molar-refractivity contribution in [3.63, 3.8) is 0 Å². The molecule has 1 aliphatic heterocycles. The number of ether oxygens (including phenoxy) is 1. The molecule has 0 aliphatic carbocycles. The summed E-state index contributed by atoms with van der Waals surface area (Å²) in [4.78, 5) is 16.2. The molecule has 19 heavy (non-hydrogen) atoms. The van der Waals surface area contributed by atoms with Gasteiger partial charge in [-0.25, -0.2) is 0 Å². The minimum atomic E-state index is 0. The van der Waals surface area contributed by atoms with Gasteiger partial charge >= 0.3 is 0 Å². The van der Waals surface area contributed by atoms with Crippen molar-refractivity contribution in [2.24, 2.45) is 0 Å². The molecule has 6 heteroatoms. The number of nitrogens with one attached hydrogen (secondary N) is 1. The maximum absolute atomic E-state index is 12.4. The van der Waals surface area contributed by atoms with E-state index in [0.717, 1.165) is 35.7 Å². The Morgan fingerprint density at radius 1 is 1.47 bits per heavy atom. The second-order valence-electron chi connectivity index (χ2n) is 4.61. The number of halogens is 1. The van der Waals surface area contributed by atoms with Crippen LogP contribution >= 0.6 is 23.7 Å². The SMILES string of the molecule is CNC1CCN(C(=O)c2sc(C)cc2OC)CC1.Cl. The molecule has 0 saturated carbocycles. The summed E-state index contributed by atoms with van der Waals surface area (Å²) in [5.41, 5.74) is 0. The number of hydrogen-bond acceptors (Lipinski definition) is 4. The van der Waals surface area contributed by atoms with E-state index in [1.165, 1.54) is 11.3 Å². The molecule has 1 fully saturated rings. The molecule has 1 aliphatic rings. The quantitative estimate of drug-likeness (QED) is 0.932. The highest BCUT2D eigenvalue weighted by atomic mass is 35.5. The lowest BCUT2D eigenvalue weighted by Gasteiger charge is -2.31. The maximum atomic E-state index is 12.4. The summed E-state index contributed by atoms with van der Waals surface area (Å²) in [7, 11) is 3.60. The van der Waals surface area contributed by atoms with Crippen LogP contribution in [0.4, 0.5) is 0 Å². The van der Waals surface area contributed by atoms with Gasteiger partial charge in [-0.15, -0.1) is 23.7 Å². The third kappa shape index (κ3) is 3.61. The van der Waals surface area contributed by atoms with Gasteiger partial charge in [-0.3, -0.25) is 4.79 Å². The van der Waals surface area contributed by atoms with Crippen molar-refractivity contribution in [2.75, 3.05) is 27.2 Å². The summed E-state index contributed by atoms with van der Waals surface area (Å²) in [6.45, 7) is 3.64. The van der Waals surface area contributed by atoms with E-state index in [9.17, 15) is 4.79 Å². The number of hydrogen-bond donors (Lipinski definition) is 1. The summed E-state index contributed by atoms with van der Waals surface area (Å²) in [5.74, 6) is 0.817. The first-order valence-electron chi connectivity index (χ1n) is 6.26. The van der Waals surface area contributed by atoms with Gasteiger partial charge in [0.2, 0.25) is 0 Å². The van der Waals surface area contributed by atoms with Gasteiger partial charge in [-0.1, -0.05) is 0 Å². The lowest BCUT2D eigenvalue weighted by atomic mass is 10.1. The first-order chi connectivity index (χ1) is 8.65. The molecule has 0 atom stereocenters. The van der Waals surface area contributed by atoms with Gasteiger partial charge in [0.05, 0.1) is 7.11 Å². The summed E-state index contributed by atoms with van der Waals surface area (Å²) < 4.78 is 5.27. The Hall–Kier alpha value is -0.780. The van der Waals surface area contributed by atoms with E-state index in [-0.39, 0.29) is 18.3 Å². The number of carbonyl (C=O) groups is 1. The van der Waals surface area contributed by atoms with Gasteiger partial charge in [0.1, 0.15) is 10.6 Å². The number of aryl methyl sites for hydroxylation is 1. The average molecular weight is 305 g/mol. The van der Waals surface area contributed by atoms with Crippen LogP contribution in [0.5, 0.6) is 5.75 Å². The molecule has 1 N–H and O–H groups in total. The highest BCUT2D eigenvalue weighted by Gasteiger charge is 2.26. The number of rotatable bonds is 3. The number of piperidine rings is 1. The fourth-order valence-electron chi connectivity index (χ4n) is 2.31. The molecule has 1 aromatic rings. The number of likely N-dealkylation sites (tertiary alicyclic amines) is 1. The van der Waals surface area contributed by atoms with Crippen molar-refractivity contribution >= 4 is 29.7 Å². The monoisotopic (exact) mass is 304 g/mol. The zero-order chi connectivity index (χ0) is 13.1. The van der Waals surface area contributed by atoms with Gasteiger partial charge < -0.3 is 15.0 Å². The molecular formula is C13H21ClN2O2S. The standard InChI is InChI=1S/C13H20N2O2S.ClH/c1-9-8-11(17-3)12(18-9)13(16)15-6-4-10(14-2)5-7-15;/h8,10,14H,4-7H2,1-3H3;1H. The van der Waals surface area contributed by atoms with Crippen LogP contribution in [0.25, 0.3) is 0 Å². The molecule has 0 spiro atoms.